The summed E-state index contributed by atoms with van der Waals surface area (Å²) < 4.78 is 22.2. The summed E-state index contributed by atoms with van der Waals surface area (Å²) in [4.78, 5) is 34.8. The Labute approximate surface area is 192 Å². The number of hydrogen-bond donors (Lipinski definition) is 0. The molecule has 2 unspecified atom stereocenters. The molecule has 0 spiro atoms. The molecule has 2 saturated carbocycles. The minimum absolute atomic E-state index is 0.00187. The van der Waals surface area contributed by atoms with Crippen molar-refractivity contribution in [2.45, 2.75) is 103 Å². The number of methoxy groups -OCH3 is 1. The van der Waals surface area contributed by atoms with E-state index in [1.54, 1.807) is 0 Å². The first-order valence-corrected chi connectivity index (χ1v) is 12.0. The lowest BCUT2D eigenvalue weighted by Gasteiger charge is -2.34. The quantitative estimate of drug-likeness (QED) is 0.176. The maximum atomic E-state index is 12.0. The lowest BCUT2D eigenvalue weighted by atomic mass is 9.85. The van der Waals surface area contributed by atoms with Crippen LogP contribution in [0.2, 0.25) is 0 Å². The normalized spacial score (nSPS) is 27.8. The zero-order chi connectivity index (χ0) is 23.6. The Hall–Kier alpha value is -1.89. The summed E-state index contributed by atoms with van der Waals surface area (Å²) in [5.41, 5.74) is -0.570. The van der Waals surface area contributed by atoms with Crippen molar-refractivity contribution >= 4 is 17.9 Å². The van der Waals surface area contributed by atoms with Gasteiger partial charge in [-0.1, -0.05) is 25.8 Å². The van der Waals surface area contributed by atoms with Crippen LogP contribution in [0.15, 0.2) is 12.2 Å². The molecule has 0 aromatic heterocycles. The number of esters is 3. The lowest BCUT2D eigenvalue weighted by Crippen LogP contribution is -2.40. The van der Waals surface area contributed by atoms with E-state index in [2.05, 4.69) is 17.7 Å². The Kier molecular flexibility index (Phi) is 10.7. The van der Waals surface area contributed by atoms with Gasteiger partial charge in [-0.3, -0.25) is 14.4 Å². The third-order valence-corrected chi connectivity index (χ3v) is 6.65. The molecule has 0 saturated heterocycles. The third-order valence-electron chi connectivity index (χ3n) is 6.65. The van der Waals surface area contributed by atoms with E-state index in [4.69, 9.17) is 14.2 Å². The summed E-state index contributed by atoms with van der Waals surface area (Å²) in [7, 11) is 1.38. The fourth-order valence-electron chi connectivity index (χ4n) is 5.25. The maximum Gasteiger partial charge on any atom is 0.305 e. The summed E-state index contributed by atoms with van der Waals surface area (Å²) >= 11 is 0. The Balaban J connectivity index is 2.03. The average Bonchev–Trinajstić information content (AvgIpc) is 3.22. The minimum Gasteiger partial charge on any atom is -0.469 e. The van der Waals surface area contributed by atoms with Gasteiger partial charge in [-0.2, -0.15) is 0 Å². The molecule has 0 heterocycles. The molecule has 5 atom stereocenters. The summed E-state index contributed by atoms with van der Waals surface area (Å²) in [5, 5.41) is 0. The van der Waals surface area contributed by atoms with E-state index in [9.17, 15) is 14.4 Å². The first kappa shape index (κ1) is 26.4. The Morgan fingerprint density at radius 3 is 2.53 bits per heavy atom. The second-order valence-corrected chi connectivity index (χ2v) is 9.07. The molecular formula is C25H40O7. The van der Waals surface area contributed by atoms with Crippen molar-refractivity contribution in [1.29, 1.82) is 0 Å². The van der Waals surface area contributed by atoms with Crippen molar-refractivity contribution in [3.63, 3.8) is 0 Å². The molecule has 7 heteroatoms. The smallest absolute Gasteiger partial charge is 0.305 e. The summed E-state index contributed by atoms with van der Waals surface area (Å²) in [6.45, 7) is 5.52. The van der Waals surface area contributed by atoms with Crippen LogP contribution in [-0.4, -0.2) is 49.4 Å². The molecule has 32 heavy (non-hydrogen) atoms. The van der Waals surface area contributed by atoms with Gasteiger partial charge in [-0.05, 0) is 44.6 Å². The molecule has 0 aromatic rings. The van der Waals surface area contributed by atoms with Crippen molar-refractivity contribution in [2.24, 2.45) is 11.8 Å². The van der Waals surface area contributed by atoms with E-state index in [0.29, 0.717) is 25.9 Å². The Morgan fingerprint density at radius 2 is 1.88 bits per heavy atom. The maximum absolute atomic E-state index is 12.0. The topological polar surface area (TPSA) is 88.1 Å². The molecular weight excluding hydrogens is 412 g/mol. The third kappa shape index (κ3) is 7.61. The van der Waals surface area contributed by atoms with Crippen LogP contribution in [0.1, 0.15) is 85.0 Å². The first-order chi connectivity index (χ1) is 15.3. The highest BCUT2D eigenvalue weighted by Crippen LogP contribution is 2.54. The van der Waals surface area contributed by atoms with Crippen molar-refractivity contribution in [3.8, 4) is 0 Å². The highest BCUT2D eigenvalue weighted by atomic mass is 16.6. The van der Waals surface area contributed by atoms with Crippen LogP contribution >= 0.6 is 0 Å². The standard InChI is InChI=1S/C25H40O7/c1-5-6-7-9-22(31-18(2)26)14-13-20-11-12-21-16-23(17-25(20,21)32-19(3)27)30-15-8-10-24(28)29-4/h13-14,20-23H,5-12,15-17H2,1-4H3/t20-,21+,22?,23?,25+/m0/s1. The number of carbonyl (C=O) groups excluding carboxylic acids is 3. The number of unbranched alkanes of at least 4 members (excludes halogenated alkanes) is 2. The van der Waals surface area contributed by atoms with Crippen LogP contribution in [0.4, 0.5) is 0 Å². The summed E-state index contributed by atoms with van der Waals surface area (Å²) in [5.74, 6) is -0.472. The van der Waals surface area contributed by atoms with E-state index in [1.807, 2.05) is 6.08 Å². The minimum atomic E-state index is -0.570. The lowest BCUT2D eigenvalue weighted by molar-refractivity contribution is -0.163. The fourth-order valence-corrected chi connectivity index (χ4v) is 5.25. The number of ether oxygens (including phenoxy) is 4. The molecule has 0 bridgehead atoms. The second kappa shape index (κ2) is 13.0. The predicted octanol–water partition coefficient (Wildman–Crippen LogP) is 4.51. The van der Waals surface area contributed by atoms with Gasteiger partial charge in [0.15, 0.2) is 0 Å². The molecule has 2 rings (SSSR count). The molecule has 2 fully saturated rings. The van der Waals surface area contributed by atoms with Crippen LogP contribution < -0.4 is 0 Å². The van der Waals surface area contributed by atoms with Crippen molar-refractivity contribution in [3.05, 3.63) is 12.2 Å². The predicted molar refractivity (Wildman–Crippen MR) is 120 cm³/mol. The summed E-state index contributed by atoms with van der Waals surface area (Å²) in [6.07, 6.45) is 12.2. The van der Waals surface area contributed by atoms with Crippen LogP contribution in [0, 0.1) is 11.8 Å². The van der Waals surface area contributed by atoms with Crippen molar-refractivity contribution < 1.29 is 33.3 Å². The average molecular weight is 453 g/mol. The first-order valence-electron chi connectivity index (χ1n) is 12.0. The van der Waals surface area contributed by atoms with E-state index in [1.165, 1.54) is 21.0 Å². The highest BCUT2D eigenvalue weighted by molar-refractivity contribution is 5.69. The molecule has 0 aliphatic heterocycles. The summed E-state index contributed by atoms with van der Waals surface area (Å²) in [6, 6.07) is 0. The number of fused-ring (bicyclic) bond motifs is 1. The van der Waals surface area contributed by atoms with Gasteiger partial charge < -0.3 is 18.9 Å². The van der Waals surface area contributed by atoms with Crippen LogP contribution in [-0.2, 0) is 33.3 Å². The van der Waals surface area contributed by atoms with Gasteiger partial charge in [0.2, 0.25) is 0 Å². The van der Waals surface area contributed by atoms with Gasteiger partial charge in [-0.15, -0.1) is 0 Å². The van der Waals surface area contributed by atoms with Crippen molar-refractivity contribution in [2.75, 3.05) is 13.7 Å². The van der Waals surface area contributed by atoms with Crippen LogP contribution in [0.5, 0.6) is 0 Å². The monoisotopic (exact) mass is 452 g/mol. The number of carbonyl (C=O) groups is 3. The molecule has 0 aromatic carbocycles. The molecule has 0 N–H and O–H groups in total. The van der Waals surface area contributed by atoms with Gasteiger partial charge in [-0.25, -0.2) is 0 Å². The Bertz CT molecular complexity index is 659. The van der Waals surface area contributed by atoms with E-state index < -0.39 is 5.60 Å². The van der Waals surface area contributed by atoms with E-state index in [0.717, 1.165) is 44.9 Å². The van der Waals surface area contributed by atoms with Crippen LogP contribution in [0.25, 0.3) is 0 Å². The largest absolute Gasteiger partial charge is 0.469 e. The highest BCUT2D eigenvalue weighted by Gasteiger charge is 2.57. The number of rotatable bonds is 13. The molecule has 2 aliphatic rings. The zero-order valence-corrected chi connectivity index (χ0v) is 20.1. The van der Waals surface area contributed by atoms with Gasteiger partial charge in [0.25, 0.3) is 0 Å². The van der Waals surface area contributed by atoms with Gasteiger partial charge in [0.1, 0.15) is 11.7 Å². The Morgan fingerprint density at radius 1 is 1.09 bits per heavy atom. The molecule has 0 radical (unpaired) electrons. The van der Waals surface area contributed by atoms with Gasteiger partial charge in [0, 0.05) is 45.1 Å². The molecule has 0 amide bonds. The van der Waals surface area contributed by atoms with Crippen LogP contribution in [0.3, 0.4) is 0 Å². The zero-order valence-electron chi connectivity index (χ0n) is 20.1. The SMILES string of the molecule is CCCCCC(C=C[C@@H]1CC[C@@H]2CC(OCCCC(=O)OC)C[C@]21OC(C)=O)OC(C)=O. The molecule has 7 nitrogen and oxygen atoms in total. The molecule has 2 aliphatic carbocycles. The molecule has 182 valence electrons. The fraction of sp³-hybridized carbons (Fsp3) is 0.800. The van der Waals surface area contributed by atoms with Gasteiger partial charge >= 0.3 is 17.9 Å². The number of hydrogen-bond acceptors (Lipinski definition) is 7. The second-order valence-electron chi connectivity index (χ2n) is 9.07. The van der Waals surface area contributed by atoms with Gasteiger partial charge in [0.05, 0.1) is 13.2 Å². The van der Waals surface area contributed by atoms with Crippen molar-refractivity contribution in [1.82, 2.24) is 0 Å². The van der Waals surface area contributed by atoms with E-state index >= 15 is 0 Å². The van der Waals surface area contributed by atoms with E-state index in [-0.39, 0.29) is 42.0 Å².